The van der Waals surface area contributed by atoms with Crippen LogP contribution in [0.25, 0.3) is 17.0 Å². The summed E-state index contributed by atoms with van der Waals surface area (Å²) in [6, 6.07) is 7.86. The summed E-state index contributed by atoms with van der Waals surface area (Å²) in [6.07, 6.45) is 3.94. The number of cyclic esters (lactones) is 1. The summed E-state index contributed by atoms with van der Waals surface area (Å²) in [4.78, 5) is 24.0. The monoisotopic (exact) mass is 357 g/mol. The van der Waals surface area contributed by atoms with Crippen LogP contribution in [0, 0.1) is 5.92 Å². The minimum atomic E-state index is -1.21. The van der Waals surface area contributed by atoms with Gasteiger partial charge in [-0.25, -0.2) is 4.79 Å². The number of carbonyl (C=O) groups excluding carboxylic acids is 2. The Morgan fingerprint density at radius 1 is 1.42 bits per heavy atom. The van der Waals surface area contributed by atoms with Crippen molar-refractivity contribution in [1.82, 2.24) is 4.57 Å². The van der Waals surface area contributed by atoms with Crippen molar-refractivity contribution in [2.75, 3.05) is 13.2 Å². The molecule has 0 aliphatic carbocycles. The SMILES string of the molecule is CC(C)C(=O)OCC1(CO)C/C(=C\c2cccc3c2ccn3C)C(=O)O1. The topological polar surface area (TPSA) is 77.8 Å². The molecule has 6 heteroatoms. The fraction of sp³-hybridized carbons (Fsp3) is 0.400. The molecule has 1 unspecified atom stereocenters. The highest BCUT2D eigenvalue weighted by Gasteiger charge is 2.44. The average Bonchev–Trinajstić information content (AvgIpc) is 3.15. The summed E-state index contributed by atoms with van der Waals surface area (Å²) in [5.41, 5.74) is 1.21. The van der Waals surface area contributed by atoms with E-state index in [9.17, 15) is 14.7 Å². The lowest BCUT2D eigenvalue weighted by Crippen LogP contribution is -2.39. The third-order valence-corrected chi connectivity index (χ3v) is 4.61. The van der Waals surface area contributed by atoms with Crippen molar-refractivity contribution in [3.8, 4) is 0 Å². The van der Waals surface area contributed by atoms with Gasteiger partial charge in [-0.2, -0.15) is 0 Å². The molecule has 1 saturated heterocycles. The average molecular weight is 357 g/mol. The molecule has 6 nitrogen and oxygen atoms in total. The highest BCUT2D eigenvalue weighted by atomic mass is 16.6. The maximum absolute atomic E-state index is 12.3. The molecule has 0 radical (unpaired) electrons. The first kappa shape index (κ1) is 18.2. The second-order valence-corrected chi connectivity index (χ2v) is 7.05. The van der Waals surface area contributed by atoms with E-state index in [0.717, 1.165) is 16.5 Å². The van der Waals surface area contributed by atoms with Gasteiger partial charge in [0.1, 0.15) is 6.61 Å². The normalized spacial score (nSPS) is 21.6. The van der Waals surface area contributed by atoms with Gasteiger partial charge in [0.2, 0.25) is 0 Å². The number of hydrogen-bond acceptors (Lipinski definition) is 5. The Balaban J connectivity index is 1.86. The van der Waals surface area contributed by atoms with Crippen molar-refractivity contribution in [3.63, 3.8) is 0 Å². The van der Waals surface area contributed by atoms with Crippen molar-refractivity contribution in [2.24, 2.45) is 13.0 Å². The summed E-state index contributed by atoms with van der Waals surface area (Å²) in [6.45, 7) is 2.89. The lowest BCUT2D eigenvalue weighted by molar-refractivity contribution is -0.168. The van der Waals surface area contributed by atoms with Crippen LogP contribution in [0.5, 0.6) is 0 Å². The van der Waals surface area contributed by atoms with Crippen molar-refractivity contribution in [1.29, 1.82) is 0 Å². The van der Waals surface area contributed by atoms with Gasteiger partial charge in [0.05, 0.1) is 12.5 Å². The second-order valence-electron chi connectivity index (χ2n) is 7.05. The first-order valence-electron chi connectivity index (χ1n) is 8.61. The molecular formula is C20H23NO5. The predicted molar refractivity (Wildman–Crippen MR) is 97.2 cm³/mol. The molecule has 3 rings (SSSR count). The minimum Gasteiger partial charge on any atom is -0.461 e. The van der Waals surface area contributed by atoms with Crippen LogP contribution in [0.3, 0.4) is 0 Å². The Kier molecular flexibility index (Phi) is 4.87. The van der Waals surface area contributed by atoms with E-state index in [-0.39, 0.29) is 24.9 Å². The number of carbonyl (C=O) groups is 2. The van der Waals surface area contributed by atoms with E-state index < -0.39 is 18.2 Å². The van der Waals surface area contributed by atoms with Crippen LogP contribution in [-0.2, 0) is 26.1 Å². The smallest absolute Gasteiger partial charge is 0.334 e. The minimum absolute atomic E-state index is 0.154. The van der Waals surface area contributed by atoms with Gasteiger partial charge in [0.25, 0.3) is 0 Å². The highest BCUT2D eigenvalue weighted by molar-refractivity contribution is 5.99. The molecule has 1 aromatic carbocycles. The molecule has 1 aromatic heterocycles. The number of aromatic nitrogens is 1. The summed E-state index contributed by atoms with van der Waals surface area (Å²) < 4.78 is 12.6. The highest BCUT2D eigenvalue weighted by Crippen LogP contribution is 2.33. The number of aliphatic hydroxyl groups excluding tert-OH is 1. The number of hydrogen-bond donors (Lipinski definition) is 1. The van der Waals surface area contributed by atoms with E-state index in [1.165, 1.54) is 0 Å². The molecule has 138 valence electrons. The van der Waals surface area contributed by atoms with Gasteiger partial charge in [0, 0.05) is 36.1 Å². The molecule has 1 aliphatic heterocycles. The predicted octanol–water partition coefficient (Wildman–Crippen LogP) is 2.44. The summed E-state index contributed by atoms with van der Waals surface area (Å²) >= 11 is 0. The Morgan fingerprint density at radius 3 is 2.88 bits per heavy atom. The van der Waals surface area contributed by atoms with E-state index in [1.807, 2.05) is 42.1 Å². The zero-order chi connectivity index (χ0) is 18.9. The Bertz CT molecular complexity index is 879. The molecule has 1 aliphatic rings. The Morgan fingerprint density at radius 2 is 2.19 bits per heavy atom. The van der Waals surface area contributed by atoms with Crippen molar-refractivity contribution >= 4 is 28.9 Å². The Hall–Kier alpha value is -2.60. The van der Waals surface area contributed by atoms with E-state index in [1.54, 1.807) is 19.9 Å². The number of nitrogens with zero attached hydrogens (tertiary/aromatic N) is 1. The summed E-state index contributed by atoms with van der Waals surface area (Å²) in [7, 11) is 1.96. The third-order valence-electron chi connectivity index (χ3n) is 4.61. The molecule has 0 saturated carbocycles. The molecule has 0 spiro atoms. The number of aryl methyl sites for hydroxylation is 1. The zero-order valence-corrected chi connectivity index (χ0v) is 15.2. The molecule has 0 bridgehead atoms. The van der Waals surface area contributed by atoms with Gasteiger partial charge >= 0.3 is 11.9 Å². The number of fused-ring (bicyclic) bond motifs is 1. The second kappa shape index (κ2) is 6.96. The lowest BCUT2D eigenvalue weighted by atomic mass is 9.97. The molecule has 1 N–H and O–H groups in total. The lowest BCUT2D eigenvalue weighted by Gasteiger charge is -2.24. The summed E-state index contributed by atoms with van der Waals surface area (Å²) in [5, 5.41) is 10.8. The van der Waals surface area contributed by atoms with Crippen molar-refractivity contribution in [3.05, 3.63) is 41.6 Å². The van der Waals surface area contributed by atoms with E-state index in [2.05, 4.69) is 0 Å². The van der Waals surface area contributed by atoms with Crippen LogP contribution in [0.15, 0.2) is 36.0 Å². The molecule has 26 heavy (non-hydrogen) atoms. The van der Waals surface area contributed by atoms with Crippen LogP contribution in [0.1, 0.15) is 25.8 Å². The van der Waals surface area contributed by atoms with E-state index in [0.29, 0.717) is 5.57 Å². The molecule has 1 atom stereocenters. The van der Waals surface area contributed by atoms with Gasteiger partial charge in [-0.05, 0) is 23.8 Å². The molecule has 2 aromatic rings. The molecule has 1 fully saturated rings. The van der Waals surface area contributed by atoms with Crippen LogP contribution in [0.2, 0.25) is 0 Å². The largest absolute Gasteiger partial charge is 0.461 e. The van der Waals surface area contributed by atoms with Gasteiger partial charge in [-0.15, -0.1) is 0 Å². The van der Waals surface area contributed by atoms with Gasteiger partial charge in [0.15, 0.2) is 5.60 Å². The van der Waals surface area contributed by atoms with E-state index >= 15 is 0 Å². The van der Waals surface area contributed by atoms with Crippen LogP contribution >= 0.6 is 0 Å². The maximum atomic E-state index is 12.3. The van der Waals surface area contributed by atoms with Crippen LogP contribution in [0.4, 0.5) is 0 Å². The fourth-order valence-corrected chi connectivity index (χ4v) is 3.05. The quantitative estimate of drug-likeness (QED) is 0.657. The van der Waals surface area contributed by atoms with Crippen LogP contribution < -0.4 is 0 Å². The third kappa shape index (κ3) is 3.37. The molecule has 2 heterocycles. The summed E-state index contributed by atoms with van der Waals surface area (Å²) in [5.74, 6) is -1.17. The fourth-order valence-electron chi connectivity index (χ4n) is 3.05. The van der Waals surface area contributed by atoms with Crippen LogP contribution in [-0.4, -0.2) is 40.4 Å². The molecule has 0 amide bonds. The maximum Gasteiger partial charge on any atom is 0.334 e. The van der Waals surface area contributed by atoms with Gasteiger partial charge < -0.3 is 19.1 Å². The molecular weight excluding hydrogens is 334 g/mol. The number of benzene rings is 1. The van der Waals surface area contributed by atoms with Crippen molar-refractivity contribution in [2.45, 2.75) is 25.9 Å². The Labute approximate surface area is 152 Å². The zero-order valence-electron chi connectivity index (χ0n) is 15.2. The number of rotatable bonds is 5. The number of esters is 2. The number of ether oxygens (including phenoxy) is 2. The standard InChI is InChI=1S/C20H23NO5/c1-13(2)18(23)25-12-20(11-22)10-15(19(24)26-20)9-14-5-4-6-17-16(14)7-8-21(17)3/h4-9,13,22H,10-12H2,1-3H3/b15-9+. The van der Waals surface area contributed by atoms with Gasteiger partial charge in [-0.3, -0.25) is 4.79 Å². The first-order chi connectivity index (χ1) is 12.3. The van der Waals surface area contributed by atoms with Gasteiger partial charge in [-0.1, -0.05) is 26.0 Å². The first-order valence-corrected chi connectivity index (χ1v) is 8.61. The van der Waals surface area contributed by atoms with Crippen molar-refractivity contribution < 1.29 is 24.2 Å². The number of aliphatic hydroxyl groups is 1. The van der Waals surface area contributed by atoms with E-state index in [4.69, 9.17) is 9.47 Å².